The quantitative estimate of drug-likeness (QED) is 0.704. The molecule has 0 fully saturated rings. The second-order valence-corrected chi connectivity index (χ2v) is 1.99. The molecule has 1 aromatic rings. The van der Waals surface area contributed by atoms with Crippen LogP contribution in [0.4, 0.5) is 0 Å². The zero-order valence-electron chi connectivity index (χ0n) is 6.12. The van der Waals surface area contributed by atoms with Gasteiger partial charge in [0, 0.05) is 5.56 Å². The minimum Gasteiger partial charge on any atom is -0.508 e. The fraction of sp³-hybridized carbons (Fsp3) is 0. The van der Waals surface area contributed by atoms with Gasteiger partial charge < -0.3 is 10.2 Å². The van der Waals surface area contributed by atoms with Gasteiger partial charge in [-0.25, -0.2) is 0 Å². The molecule has 0 saturated heterocycles. The van der Waals surface area contributed by atoms with Crippen LogP contribution in [0.1, 0.15) is 5.56 Å². The smallest absolute Gasteiger partial charge is 0.115 e. The number of aliphatic hydroxyl groups excluding tert-OH is 1. The van der Waals surface area contributed by atoms with E-state index in [2.05, 4.69) is 6.58 Å². The summed E-state index contributed by atoms with van der Waals surface area (Å²) < 4.78 is 0. The van der Waals surface area contributed by atoms with Crippen LogP contribution in [-0.2, 0) is 0 Å². The summed E-state index contributed by atoms with van der Waals surface area (Å²) in [7, 11) is 0. The van der Waals surface area contributed by atoms with Crippen LogP contribution >= 0.6 is 0 Å². The molecule has 0 bridgehead atoms. The summed E-state index contributed by atoms with van der Waals surface area (Å²) in [5, 5.41) is 17.7. The van der Waals surface area contributed by atoms with Gasteiger partial charge >= 0.3 is 0 Å². The minimum absolute atomic E-state index is 0. The monoisotopic (exact) mass is 403 g/mol. The van der Waals surface area contributed by atoms with E-state index >= 15 is 0 Å². The molecule has 1 aromatic carbocycles. The van der Waals surface area contributed by atoms with Crippen molar-refractivity contribution >= 4 is 5.76 Å². The molecule has 0 unspecified atom stereocenters. The Balaban J connectivity index is 0.000001000. The molecule has 3 heteroatoms. The largest absolute Gasteiger partial charge is 0.508 e. The van der Waals surface area contributed by atoms with E-state index in [-0.39, 0.29) is 11.5 Å². The molecule has 0 atom stereocenters. The average molecular weight is 403 g/mol. The van der Waals surface area contributed by atoms with Crippen molar-refractivity contribution in [2.75, 3.05) is 0 Å². The van der Waals surface area contributed by atoms with Gasteiger partial charge in [-0.3, -0.25) is 0 Å². The summed E-state index contributed by atoms with van der Waals surface area (Å²) in [4.78, 5) is 0. The number of hydrogen-bond acceptors (Lipinski definition) is 2. The van der Waals surface area contributed by atoms with Gasteiger partial charge in [-0.15, -0.1) is 0 Å². The van der Waals surface area contributed by atoms with Gasteiger partial charge in [0.15, 0.2) is 0 Å². The second-order valence-electron chi connectivity index (χ2n) is 1.99. The van der Waals surface area contributed by atoms with Crippen molar-refractivity contribution in [1.82, 2.24) is 0 Å². The van der Waals surface area contributed by atoms with Crippen molar-refractivity contribution in [3.8, 4) is 5.75 Å². The molecule has 0 aliphatic heterocycles. The van der Waals surface area contributed by atoms with E-state index in [0.717, 1.165) is 0 Å². The van der Waals surface area contributed by atoms with Crippen molar-refractivity contribution in [1.29, 1.82) is 0 Å². The van der Waals surface area contributed by atoms with E-state index in [1.165, 1.54) is 12.1 Å². The first kappa shape index (κ1) is 8.56. The second kappa shape index (κ2) is 2.92. The molecule has 0 aliphatic rings. The van der Waals surface area contributed by atoms with Crippen LogP contribution in [0.3, 0.4) is 0 Å². The predicted octanol–water partition coefficient (Wildman–Crippen LogP) is 1.92. The van der Waals surface area contributed by atoms with Crippen molar-refractivity contribution in [2.45, 2.75) is 0 Å². The maximum absolute atomic E-state index is 8.84. The van der Waals surface area contributed by atoms with E-state index in [1.54, 1.807) is 12.1 Å². The summed E-state index contributed by atoms with van der Waals surface area (Å²) in [6, 6.07) is 6.18. The van der Waals surface area contributed by atoms with E-state index in [0.29, 0.717) is 5.56 Å². The number of phenols is 1. The standard InChI is InChI=1S/C8H8O2.Rf/c1-6(9)7-2-4-8(10)5-3-7;/h2-5,9-10H,1H2;. The summed E-state index contributed by atoms with van der Waals surface area (Å²) in [5.41, 5.74) is 0.623. The molecule has 0 spiro atoms. The van der Waals surface area contributed by atoms with Crippen molar-refractivity contribution < 1.29 is 10.2 Å². The van der Waals surface area contributed by atoms with Crippen LogP contribution in [-0.4, -0.2) is 10.2 Å². The minimum atomic E-state index is 0. The molecule has 0 heterocycles. The number of hydrogen-bond donors (Lipinski definition) is 2. The maximum atomic E-state index is 8.84. The zero-order valence-corrected chi connectivity index (χ0v) is 12.5. The molecule has 54 valence electrons. The van der Waals surface area contributed by atoms with Crippen LogP contribution in [0, 0.1) is 0 Å². The van der Waals surface area contributed by atoms with E-state index < -0.39 is 0 Å². The molecular weight excluding hydrogens is 395 g/mol. The topological polar surface area (TPSA) is 40.5 Å². The fourth-order valence-electron chi connectivity index (χ4n) is 0.654. The van der Waals surface area contributed by atoms with Crippen molar-refractivity contribution in [3.05, 3.63) is 36.4 Å². The van der Waals surface area contributed by atoms with E-state index in [1.807, 2.05) is 0 Å². The third-order valence-electron chi connectivity index (χ3n) is 1.20. The Bertz CT molecular complexity index is 241. The third-order valence-corrected chi connectivity index (χ3v) is 1.20. The molecule has 2 N–H and O–H groups in total. The molecule has 0 radical (unpaired) electrons. The van der Waals surface area contributed by atoms with Gasteiger partial charge in [0.05, 0.1) is 0 Å². The number of benzene rings is 1. The molecular formula is C8H8O2Rf. The number of aliphatic hydroxyl groups is 1. The van der Waals surface area contributed by atoms with Gasteiger partial charge in [-0.1, -0.05) is 6.58 Å². The summed E-state index contributed by atoms with van der Waals surface area (Å²) in [6.45, 7) is 3.33. The maximum Gasteiger partial charge on any atom is 0.115 e. The van der Waals surface area contributed by atoms with Crippen molar-refractivity contribution in [2.24, 2.45) is 0 Å². The van der Waals surface area contributed by atoms with Crippen LogP contribution in [0.5, 0.6) is 5.75 Å². The Morgan fingerprint density at radius 1 is 1.18 bits per heavy atom. The first-order chi connectivity index (χ1) is 4.70. The van der Waals surface area contributed by atoms with Gasteiger partial charge in [0.2, 0.25) is 0 Å². The van der Waals surface area contributed by atoms with Gasteiger partial charge in [-0.2, -0.15) is 0 Å². The molecule has 0 amide bonds. The molecule has 0 aromatic heterocycles. The predicted molar refractivity (Wildman–Crippen MR) is 39.8 cm³/mol. The number of phenolic OH excluding ortho intramolecular Hbond substituents is 1. The van der Waals surface area contributed by atoms with Gasteiger partial charge in [0.25, 0.3) is 0 Å². The average Bonchev–Trinajstić information content (AvgIpc) is 1.88. The van der Waals surface area contributed by atoms with E-state index in [4.69, 9.17) is 10.2 Å². The SMILES string of the molecule is C=C(O)c1ccc(O)cc1.[Rf]. The first-order valence-electron chi connectivity index (χ1n) is 2.87. The van der Waals surface area contributed by atoms with Crippen LogP contribution in [0.2, 0.25) is 0 Å². The summed E-state index contributed by atoms with van der Waals surface area (Å²) >= 11 is 0. The Morgan fingerprint density at radius 2 is 1.64 bits per heavy atom. The van der Waals surface area contributed by atoms with E-state index in [9.17, 15) is 0 Å². The van der Waals surface area contributed by atoms with Gasteiger partial charge in [-0.05, 0) is 24.3 Å². The zero-order chi connectivity index (χ0) is 7.56. The Kier molecular flexibility index (Phi) is 2.27. The number of rotatable bonds is 1. The Labute approximate surface area is 59.1 Å². The molecule has 0 aliphatic carbocycles. The fourth-order valence-corrected chi connectivity index (χ4v) is 0.654. The van der Waals surface area contributed by atoms with Gasteiger partial charge in [0.1, 0.15) is 11.5 Å². The molecule has 11 heavy (non-hydrogen) atoms. The normalized spacial score (nSPS) is 8.36. The molecule has 2 nitrogen and oxygen atoms in total. The summed E-state index contributed by atoms with van der Waals surface area (Å²) in [5.74, 6) is 0.199. The Hall–Kier alpha value is -2.44. The van der Waals surface area contributed by atoms with Crippen LogP contribution in [0.25, 0.3) is 5.76 Å². The van der Waals surface area contributed by atoms with Crippen LogP contribution in [0.15, 0.2) is 30.8 Å². The summed E-state index contributed by atoms with van der Waals surface area (Å²) in [6.07, 6.45) is 0. The molecule has 1 rings (SSSR count). The first-order valence-corrected chi connectivity index (χ1v) is 2.87. The Morgan fingerprint density at radius 3 is 2.00 bits per heavy atom. The third kappa shape index (κ3) is 1.75. The van der Waals surface area contributed by atoms with Crippen LogP contribution < -0.4 is 0 Å². The number of aromatic hydroxyl groups is 1. The van der Waals surface area contributed by atoms with Crippen molar-refractivity contribution in [3.63, 3.8) is 0 Å². The molecule has 0 saturated carbocycles.